The van der Waals surface area contributed by atoms with Gasteiger partial charge in [-0.15, -0.1) is 0 Å². The first kappa shape index (κ1) is 15.4. The quantitative estimate of drug-likeness (QED) is 0.620. The van der Waals surface area contributed by atoms with E-state index < -0.39 is 4.92 Å². The molecule has 2 aromatic rings. The number of halogens is 1. The molecule has 0 unspecified atom stereocenters. The van der Waals surface area contributed by atoms with Crippen molar-refractivity contribution in [1.82, 2.24) is 9.97 Å². The van der Waals surface area contributed by atoms with Gasteiger partial charge in [-0.05, 0) is 30.9 Å². The zero-order chi connectivity index (χ0) is 16.4. The fourth-order valence-electron chi connectivity index (χ4n) is 2.22. The van der Waals surface area contributed by atoms with Gasteiger partial charge in [0.15, 0.2) is 0 Å². The predicted molar refractivity (Wildman–Crippen MR) is 84.5 cm³/mol. The third kappa shape index (κ3) is 3.45. The molecule has 23 heavy (non-hydrogen) atoms. The van der Waals surface area contributed by atoms with Crippen molar-refractivity contribution in [2.24, 2.45) is 5.92 Å². The average Bonchev–Trinajstić information content (AvgIpc) is 3.37. The van der Waals surface area contributed by atoms with Gasteiger partial charge >= 0.3 is 0 Å². The summed E-state index contributed by atoms with van der Waals surface area (Å²) in [4.78, 5) is 32.6. The minimum absolute atomic E-state index is 0.0390. The van der Waals surface area contributed by atoms with Gasteiger partial charge in [-0.3, -0.25) is 19.9 Å². The third-order valence-electron chi connectivity index (χ3n) is 3.60. The molecule has 0 aliphatic heterocycles. The molecule has 7 nitrogen and oxygen atoms in total. The van der Waals surface area contributed by atoms with Crippen molar-refractivity contribution in [1.29, 1.82) is 0 Å². The molecule has 8 heteroatoms. The van der Waals surface area contributed by atoms with Crippen LogP contribution in [0.3, 0.4) is 0 Å². The molecule has 0 N–H and O–H groups in total. The minimum atomic E-state index is -0.562. The Morgan fingerprint density at radius 3 is 2.78 bits per heavy atom. The number of nitrogens with zero attached hydrogens (tertiary/aromatic N) is 4. The van der Waals surface area contributed by atoms with E-state index in [0.717, 1.165) is 12.8 Å². The van der Waals surface area contributed by atoms with Crippen molar-refractivity contribution in [3.63, 3.8) is 0 Å². The Morgan fingerprint density at radius 2 is 2.17 bits per heavy atom. The van der Waals surface area contributed by atoms with E-state index in [1.807, 2.05) is 0 Å². The summed E-state index contributed by atoms with van der Waals surface area (Å²) in [5.41, 5.74) is 0.409. The SMILES string of the molecule is O=C(c1cnccn1)N(CC1CC1)c1ccc(Cl)c([N+](=O)[O-])c1. The lowest BCUT2D eigenvalue weighted by molar-refractivity contribution is -0.384. The van der Waals surface area contributed by atoms with E-state index >= 15 is 0 Å². The lowest BCUT2D eigenvalue weighted by Crippen LogP contribution is -2.33. The Morgan fingerprint density at radius 1 is 1.39 bits per heavy atom. The Hall–Kier alpha value is -2.54. The number of rotatable bonds is 5. The highest BCUT2D eigenvalue weighted by atomic mass is 35.5. The van der Waals surface area contributed by atoms with Crippen LogP contribution < -0.4 is 4.90 Å². The number of carbonyl (C=O) groups excluding carboxylic acids is 1. The molecule has 1 amide bonds. The highest BCUT2D eigenvalue weighted by Crippen LogP contribution is 2.34. The van der Waals surface area contributed by atoms with E-state index in [4.69, 9.17) is 11.6 Å². The summed E-state index contributed by atoms with van der Waals surface area (Å²) >= 11 is 5.84. The summed E-state index contributed by atoms with van der Waals surface area (Å²) in [6.45, 7) is 0.494. The van der Waals surface area contributed by atoms with E-state index in [0.29, 0.717) is 18.2 Å². The van der Waals surface area contributed by atoms with E-state index in [2.05, 4.69) is 9.97 Å². The number of aromatic nitrogens is 2. The van der Waals surface area contributed by atoms with Crippen LogP contribution >= 0.6 is 11.6 Å². The summed E-state index contributed by atoms with van der Waals surface area (Å²) < 4.78 is 0. The van der Waals surface area contributed by atoms with Crippen LogP contribution in [0.25, 0.3) is 0 Å². The van der Waals surface area contributed by atoms with Crippen LogP contribution in [0.2, 0.25) is 5.02 Å². The second-order valence-electron chi connectivity index (χ2n) is 5.34. The third-order valence-corrected chi connectivity index (χ3v) is 3.92. The van der Waals surface area contributed by atoms with Gasteiger partial charge in [0.25, 0.3) is 11.6 Å². The first-order valence-corrected chi connectivity index (χ1v) is 7.46. The van der Waals surface area contributed by atoms with E-state index in [1.165, 1.54) is 35.6 Å². The molecule has 1 fully saturated rings. The van der Waals surface area contributed by atoms with Gasteiger partial charge in [-0.2, -0.15) is 0 Å². The maximum absolute atomic E-state index is 12.7. The fraction of sp³-hybridized carbons (Fsp3) is 0.267. The van der Waals surface area contributed by atoms with Crippen LogP contribution in [0.1, 0.15) is 23.3 Å². The topological polar surface area (TPSA) is 89.2 Å². The second-order valence-corrected chi connectivity index (χ2v) is 5.75. The number of nitro groups is 1. The molecule has 3 rings (SSSR count). The van der Waals surface area contributed by atoms with Crippen LogP contribution in [0.4, 0.5) is 11.4 Å². The summed E-state index contributed by atoms with van der Waals surface area (Å²) in [5, 5.41) is 11.1. The van der Waals surface area contributed by atoms with Crippen LogP contribution in [-0.4, -0.2) is 27.3 Å². The van der Waals surface area contributed by atoms with Gasteiger partial charge in [-0.25, -0.2) is 4.98 Å². The zero-order valence-corrected chi connectivity index (χ0v) is 12.8. The Balaban J connectivity index is 1.97. The summed E-state index contributed by atoms with van der Waals surface area (Å²) in [6.07, 6.45) is 6.38. The number of hydrogen-bond acceptors (Lipinski definition) is 5. The Labute approximate surface area is 137 Å². The maximum Gasteiger partial charge on any atom is 0.289 e. The standard InChI is InChI=1S/C15H13ClN4O3/c16-12-4-3-11(7-14(12)20(22)23)19(9-10-1-2-10)15(21)13-8-17-5-6-18-13/h3-8,10H,1-2,9H2. The van der Waals surface area contributed by atoms with Crippen molar-refractivity contribution in [3.8, 4) is 0 Å². The van der Waals surface area contributed by atoms with Crippen molar-refractivity contribution in [2.45, 2.75) is 12.8 Å². The van der Waals surface area contributed by atoms with Gasteiger partial charge in [-0.1, -0.05) is 11.6 Å². The number of amides is 1. The van der Waals surface area contributed by atoms with E-state index in [-0.39, 0.29) is 22.3 Å². The first-order valence-electron chi connectivity index (χ1n) is 7.08. The normalized spacial score (nSPS) is 13.6. The smallest absolute Gasteiger partial charge is 0.289 e. The zero-order valence-electron chi connectivity index (χ0n) is 12.1. The number of hydrogen-bond donors (Lipinski definition) is 0. The molecule has 1 heterocycles. The van der Waals surface area contributed by atoms with Gasteiger partial charge in [0.1, 0.15) is 10.7 Å². The van der Waals surface area contributed by atoms with Crippen LogP contribution in [0.5, 0.6) is 0 Å². The molecule has 0 atom stereocenters. The molecule has 0 saturated heterocycles. The summed E-state index contributed by atoms with van der Waals surface area (Å²) in [7, 11) is 0. The van der Waals surface area contributed by atoms with Gasteiger partial charge in [0.2, 0.25) is 0 Å². The summed E-state index contributed by atoms with van der Waals surface area (Å²) in [6, 6.07) is 4.35. The van der Waals surface area contributed by atoms with Crippen LogP contribution in [0.15, 0.2) is 36.8 Å². The van der Waals surface area contributed by atoms with Crippen LogP contribution in [0, 0.1) is 16.0 Å². The highest BCUT2D eigenvalue weighted by Gasteiger charge is 2.30. The minimum Gasteiger partial charge on any atom is -0.306 e. The summed E-state index contributed by atoms with van der Waals surface area (Å²) in [5.74, 6) is 0.0759. The van der Waals surface area contributed by atoms with Gasteiger partial charge in [0, 0.05) is 25.0 Å². The average molecular weight is 333 g/mol. The van der Waals surface area contributed by atoms with Crippen molar-refractivity contribution in [2.75, 3.05) is 11.4 Å². The van der Waals surface area contributed by atoms with E-state index in [1.54, 1.807) is 6.07 Å². The number of carbonyl (C=O) groups is 1. The van der Waals surface area contributed by atoms with E-state index in [9.17, 15) is 14.9 Å². The maximum atomic E-state index is 12.7. The van der Waals surface area contributed by atoms with Crippen molar-refractivity contribution < 1.29 is 9.72 Å². The molecule has 0 radical (unpaired) electrons. The highest BCUT2D eigenvalue weighted by molar-refractivity contribution is 6.32. The van der Waals surface area contributed by atoms with Crippen LogP contribution in [-0.2, 0) is 0 Å². The first-order chi connectivity index (χ1) is 11.1. The molecular weight excluding hydrogens is 320 g/mol. The molecule has 1 aromatic carbocycles. The Bertz CT molecular complexity index is 750. The van der Waals surface area contributed by atoms with Crippen molar-refractivity contribution >= 4 is 28.9 Å². The number of benzene rings is 1. The fourth-order valence-corrected chi connectivity index (χ4v) is 2.41. The largest absolute Gasteiger partial charge is 0.306 e. The number of nitro benzene ring substituents is 1. The molecule has 1 aliphatic carbocycles. The molecule has 0 bridgehead atoms. The molecule has 1 aromatic heterocycles. The monoisotopic (exact) mass is 332 g/mol. The molecular formula is C15H13ClN4O3. The number of anilines is 1. The second kappa shape index (κ2) is 6.29. The Kier molecular flexibility index (Phi) is 4.20. The molecule has 0 spiro atoms. The van der Waals surface area contributed by atoms with Gasteiger partial charge < -0.3 is 4.90 Å². The predicted octanol–water partition coefficient (Wildman–Crippen LogP) is 3.10. The van der Waals surface area contributed by atoms with Gasteiger partial charge in [0.05, 0.1) is 16.8 Å². The molecule has 118 valence electrons. The lowest BCUT2D eigenvalue weighted by Gasteiger charge is -2.22. The van der Waals surface area contributed by atoms with Crippen molar-refractivity contribution in [3.05, 3.63) is 57.6 Å². The molecule has 1 saturated carbocycles. The molecule has 1 aliphatic rings. The lowest BCUT2D eigenvalue weighted by atomic mass is 10.2.